The Balaban J connectivity index is 1.68. The summed E-state index contributed by atoms with van der Waals surface area (Å²) in [6.45, 7) is 0. The summed E-state index contributed by atoms with van der Waals surface area (Å²) in [5, 5.41) is 11.0. The van der Waals surface area contributed by atoms with E-state index in [1.54, 1.807) is 10.8 Å². The molecule has 0 spiro atoms. The number of esters is 1. The smallest absolute Gasteiger partial charge is 0.338 e. The molecule has 3 rings (SSSR count). The number of rotatable bonds is 3. The zero-order valence-corrected chi connectivity index (χ0v) is 12.2. The SMILES string of the molecule is O=C(O[C@H]1[C@@H]2CC[C@H]1SSC2)c1ccc([N+](=O)[O-])cc1. The zero-order valence-electron chi connectivity index (χ0n) is 10.6. The Kier molecular flexibility index (Phi) is 3.89. The van der Waals surface area contributed by atoms with E-state index >= 15 is 0 Å². The first-order chi connectivity index (χ1) is 9.65. The summed E-state index contributed by atoms with van der Waals surface area (Å²) >= 11 is 0. The zero-order chi connectivity index (χ0) is 14.1. The molecule has 1 aliphatic carbocycles. The molecule has 0 amide bonds. The van der Waals surface area contributed by atoms with Crippen LogP contribution >= 0.6 is 21.6 Å². The fraction of sp³-hybridized carbons (Fsp3) is 0.462. The second-order valence-corrected chi connectivity index (χ2v) is 7.58. The van der Waals surface area contributed by atoms with Crippen LogP contribution in [-0.4, -0.2) is 28.0 Å². The minimum atomic E-state index is -0.482. The minimum absolute atomic E-state index is 0.0102. The lowest BCUT2D eigenvalue weighted by molar-refractivity contribution is -0.384. The third kappa shape index (κ3) is 2.64. The highest BCUT2D eigenvalue weighted by atomic mass is 33.1. The van der Waals surface area contributed by atoms with Crippen molar-refractivity contribution in [1.29, 1.82) is 0 Å². The Morgan fingerprint density at radius 2 is 2.05 bits per heavy atom. The van der Waals surface area contributed by atoms with Gasteiger partial charge in [-0.3, -0.25) is 10.1 Å². The molecule has 0 radical (unpaired) electrons. The number of fused-ring (bicyclic) bond motifs is 2. The number of carbonyl (C=O) groups is 1. The van der Waals surface area contributed by atoms with Crippen LogP contribution in [0.1, 0.15) is 23.2 Å². The molecule has 1 saturated heterocycles. The predicted octanol–water partition coefficient (Wildman–Crippen LogP) is 3.29. The summed E-state index contributed by atoms with van der Waals surface area (Å²) in [4.78, 5) is 22.2. The van der Waals surface area contributed by atoms with Crippen LogP contribution in [0.25, 0.3) is 0 Å². The van der Waals surface area contributed by atoms with Crippen molar-refractivity contribution in [2.24, 2.45) is 5.92 Å². The van der Waals surface area contributed by atoms with Crippen LogP contribution in [0.15, 0.2) is 24.3 Å². The monoisotopic (exact) mass is 311 g/mol. The Labute approximate surface area is 124 Å². The summed E-state index contributed by atoms with van der Waals surface area (Å²) in [5.74, 6) is 1.10. The third-order valence-electron chi connectivity index (χ3n) is 3.68. The van der Waals surface area contributed by atoms with E-state index in [-0.39, 0.29) is 17.8 Å². The number of nitro groups is 1. The van der Waals surface area contributed by atoms with Gasteiger partial charge in [0.25, 0.3) is 5.69 Å². The summed E-state index contributed by atoms with van der Waals surface area (Å²) in [6, 6.07) is 5.56. The minimum Gasteiger partial charge on any atom is -0.457 e. The van der Waals surface area contributed by atoms with Crippen molar-refractivity contribution in [3.63, 3.8) is 0 Å². The lowest BCUT2D eigenvalue weighted by Gasteiger charge is -2.28. The van der Waals surface area contributed by atoms with Crippen molar-refractivity contribution in [2.75, 3.05) is 5.75 Å². The fourth-order valence-electron chi connectivity index (χ4n) is 2.59. The first kappa shape index (κ1) is 13.8. The summed E-state index contributed by atoms with van der Waals surface area (Å²) in [6.07, 6.45) is 2.20. The number of ether oxygens (including phenoxy) is 1. The van der Waals surface area contributed by atoms with Gasteiger partial charge in [0.2, 0.25) is 0 Å². The average Bonchev–Trinajstić information content (AvgIpc) is 2.68. The molecular weight excluding hydrogens is 298 g/mol. The van der Waals surface area contributed by atoms with Crippen LogP contribution < -0.4 is 0 Å². The summed E-state index contributed by atoms with van der Waals surface area (Å²) in [5.41, 5.74) is 0.351. The standard InChI is InChI=1S/C13H13NO4S2/c15-13(8-1-4-10(5-2-8)14(16)17)18-12-9-3-6-11(12)20-19-7-9/h1-2,4-5,9,11-12H,3,6-7H2/t9-,11-,12+/m1/s1. The van der Waals surface area contributed by atoms with E-state index in [1.807, 2.05) is 10.8 Å². The van der Waals surface area contributed by atoms with Crippen molar-refractivity contribution in [2.45, 2.75) is 24.2 Å². The van der Waals surface area contributed by atoms with E-state index in [2.05, 4.69) is 0 Å². The normalized spacial score (nSPS) is 28.1. The summed E-state index contributed by atoms with van der Waals surface area (Å²) in [7, 11) is 3.66. The van der Waals surface area contributed by atoms with Crippen molar-refractivity contribution < 1.29 is 14.5 Å². The molecule has 1 saturated carbocycles. The topological polar surface area (TPSA) is 69.4 Å². The van der Waals surface area contributed by atoms with Gasteiger partial charge in [0.1, 0.15) is 6.10 Å². The summed E-state index contributed by atoms with van der Waals surface area (Å²) < 4.78 is 5.62. The van der Waals surface area contributed by atoms with Gasteiger partial charge in [0, 0.05) is 23.8 Å². The molecule has 106 valence electrons. The number of nitro benzene ring substituents is 1. The molecule has 0 unspecified atom stereocenters. The number of non-ortho nitro benzene ring substituents is 1. The Morgan fingerprint density at radius 1 is 1.30 bits per heavy atom. The van der Waals surface area contributed by atoms with Gasteiger partial charge in [0.15, 0.2) is 0 Å². The van der Waals surface area contributed by atoms with Crippen molar-refractivity contribution in [1.82, 2.24) is 0 Å². The second-order valence-electron chi connectivity index (χ2n) is 4.93. The van der Waals surface area contributed by atoms with Crippen molar-refractivity contribution >= 4 is 33.2 Å². The van der Waals surface area contributed by atoms with Gasteiger partial charge in [-0.25, -0.2) is 4.79 Å². The van der Waals surface area contributed by atoms with Crippen molar-refractivity contribution in [3.05, 3.63) is 39.9 Å². The van der Waals surface area contributed by atoms with E-state index in [9.17, 15) is 14.9 Å². The molecule has 0 N–H and O–H groups in total. The van der Waals surface area contributed by atoms with Gasteiger partial charge in [-0.2, -0.15) is 0 Å². The molecule has 7 heteroatoms. The molecular formula is C13H13NO4S2. The van der Waals surface area contributed by atoms with Crippen LogP contribution in [0.2, 0.25) is 0 Å². The lowest BCUT2D eigenvalue weighted by Crippen LogP contribution is -2.32. The molecule has 20 heavy (non-hydrogen) atoms. The van der Waals surface area contributed by atoms with Gasteiger partial charge in [0.05, 0.1) is 15.7 Å². The van der Waals surface area contributed by atoms with Gasteiger partial charge in [-0.1, -0.05) is 21.6 Å². The van der Waals surface area contributed by atoms with E-state index in [0.717, 1.165) is 18.6 Å². The molecule has 3 atom stereocenters. The first-order valence-electron chi connectivity index (χ1n) is 6.39. The fourth-order valence-corrected chi connectivity index (χ4v) is 5.89. The number of carbonyl (C=O) groups excluding carboxylic acids is 1. The lowest BCUT2D eigenvalue weighted by atomic mass is 10.1. The van der Waals surface area contributed by atoms with Gasteiger partial charge in [-0.15, -0.1) is 0 Å². The number of hydrogen-bond donors (Lipinski definition) is 0. The van der Waals surface area contributed by atoms with Crippen molar-refractivity contribution in [3.8, 4) is 0 Å². The van der Waals surface area contributed by atoms with Crippen LogP contribution in [0.5, 0.6) is 0 Å². The maximum atomic E-state index is 12.1. The molecule has 2 fully saturated rings. The van der Waals surface area contributed by atoms with E-state index < -0.39 is 4.92 Å². The van der Waals surface area contributed by atoms with Crippen LogP contribution in [0.3, 0.4) is 0 Å². The maximum absolute atomic E-state index is 12.1. The highest BCUT2D eigenvalue weighted by Crippen LogP contribution is 2.49. The molecule has 1 aliphatic heterocycles. The number of hydrogen-bond acceptors (Lipinski definition) is 6. The quantitative estimate of drug-likeness (QED) is 0.369. The molecule has 2 aliphatic rings. The molecule has 5 nitrogen and oxygen atoms in total. The predicted molar refractivity (Wildman–Crippen MR) is 78.9 cm³/mol. The van der Waals surface area contributed by atoms with Gasteiger partial charge < -0.3 is 4.74 Å². The Morgan fingerprint density at radius 3 is 2.70 bits per heavy atom. The van der Waals surface area contributed by atoms with E-state index in [0.29, 0.717) is 16.7 Å². The van der Waals surface area contributed by atoms with Crippen LogP contribution in [0.4, 0.5) is 5.69 Å². The maximum Gasteiger partial charge on any atom is 0.338 e. The van der Waals surface area contributed by atoms with Gasteiger partial charge >= 0.3 is 5.97 Å². The van der Waals surface area contributed by atoms with E-state index in [4.69, 9.17) is 4.74 Å². The third-order valence-corrected chi connectivity index (χ3v) is 6.69. The highest BCUT2D eigenvalue weighted by Gasteiger charge is 2.42. The molecule has 1 heterocycles. The number of benzene rings is 1. The molecule has 1 aromatic carbocycles. The average molecular weight is 311 g/mol. The Bertz CT molecular complexity index is 518. The highest BCUT2D eigenvalue weighted by molar-refractivity contribution is 8.77. The van der Waals surface area contributed by atoms with E-state index in [1.165, 1.54) is 24.3 Å². The van der Waals surface area contributed by atoms with Crippen LogP contribution in [-0.2, 0) is 4.74 Å². The van der Waals surface area contributed by atoms with Crippen LogP contribution in [0, 0.1) is 16.0 Å². The first-order valence-corrected chi connectivity index (χ1v) is 8.77. The Hall–Kier alpha value is -1.21. The van der Waals surface area contributed by atoms with Gasteiger partial charge in [-0.05, 0) is 25.0 Å². The second kappa shape index (κ2) is 5.65. The number of nitrogens with zero attached hydrogens (tertiary/aromatic N) is 1. The molecule has 1 aromatic rings. The molecule has 0 aromatic heterocycles. The molecule has 2 bridgehead atoms. The largest absolute Gasteiger partial charge is 0.457 e.